The lowest BCUT2D eigenvalue weighted by Crippen LogP contribution is -2.43. The van der Waals surface area contributed by atoms with Crippen molar-refractivity contribution in [1.82, 2.24) is 25.3 Å². The maximum Gasteiger partial charge on any atom is 0.225 e. The molecule has 3 heterocycles. The van der Waals surface area contributed by atoms with Crippen molar-refractivity contribution in [3.05, 3.63) is 18.0 Å². The number of hydrogen-bond donors (Lipinski definition) is 2. The Balaban J connectivity index is 1.57. The lowest BCUT2D eigenvalue weighted by atomic mass is 9.90. The summed E-state index contributed by atoms with van der Waals surface area (Å²) in [6, 6.07) is 0.514. The van der Waals surface area contributed by atoms with Gasteiger partial charge >= 0.3 is 0 Å². The summed E-state index contributed by atoms with van der Waals surface area (Å²) < 4.78 is 1.81. The van der Waals surface area contributed by atoms with Crippen molar-refractivity contribution >= 4 is 5.91 Å². The van der Waals surface area contributed by atoms with Crippen molar-refractivity contribution in [2.24, 2.45) is 13.0 Å². The van der Waals surface area contributed by atoms with Crippen molar-refractivity contribution in [2.45, 2.75) is 31.7 Å². The second-order valence-electron chi connectivity index (χ2n) is 6.49. The third-order valence-electron chi connectivity index (χ3n) is 5.12. The van der Waals surface area contributed by atoms with E-state index in [4.69, 9.17) is 0 Å². The zero-order valence-electron chi connectivity index (χ0n) is 13.6. The van der Waals surface area contributed by atoms with Gasteiger partial charge in [0.15, 0.2) is 0 Å². The Morgan fingerprint density at radius 3 is 3.09 bits per heavy atom. The number of carbonyl (C=O) groups is 1. The molecule has 0 spiro atoms. The summed E-state index contributed by atoms with van der Waals surface area (Å²) in [5.41, 5.74) is 1.16. The third-order valence-corrected chi connectivity index (χ3v) is 5.12. The first-order valence-electron chi connectivity index (χ1n) is 8.40. The molecule has 22 heavy (non-hydrogen) atoms. The van der Waals surface area contributed by atoms with Crippen LogP contribution in [0.3, 0.4) is 0 Å². The quantitative estimate of drug-likeness (QED) is 0.823. The topological polar surface area (TPSA) is 62.2 Å². The van der Waals surface area contributed by atoms with Crippen LogP contribution in [0.25, 0.3) is 0 Å². The molecule has 1 aromatic rings. The highest BCUT2D eigenvalue weighted by atomic mass is 16.1. The molecule has 3 atom stereocenters. The SMILES string of the molecule is CCN1CCCC1CNC(=O)[C@H]1CNC[C@@H]1c1cnn(C)c1. The van der Waals surface area contributed by atoms with Crippen LogP contribution >= 0.6 is 0 Å². The monoisotopic (exact) mass is 305 g/mol. The molecule has 0 aromatic carbocycles. The van der Waals surface area contributed by atoms with E-state index in [0.717, 1.165) is 31.7 Å². The van der Waals surface area contributed by atoms with Crippen LogP contribution in [-0.4, -0.2) is 59.4 Å². The van der Waals surface area contributed by atoms with Crippen LogP contribution in [0.1, 0.15) is 31.2 Å². The average Bonchev–Trinajstić information content (AvgIpc) is 3.24. The maximum absolute atomic E-state index is 12.6. The first-order valence-corrected chi connectivity index (χ1v) is 8.40. The smallest absolute Gasteiger partial charge is 0.225 e. The van der Waals surface area contributed by atoms with Gasteiger partial charge in [0.1, 0.15) is 0 Å². The van der Waals surface area contributed by atoms with Crippen molar-refractivity contribution in [3.63, 3.8) is 0 Å². The predicted octanol–water partition coefficient (Wildman–Crippen LogP) is 0.324. The molecule has 2 aliphatic rings. The highest BCUT2D eigenvalue weighted by molar-refractivity contribution is 5.80. The van der Waals surface area contributed by atoms with Gasteiger partial charge < -0.3 is 10.6 Å². The summed E-state index contributed by atoms with van der Waals surface area (Å²) in [5, 5.41) is 10.8. The minimum atomic E-state index is 0.0145. The molecule has 1 aromatic heterocycles. The average molecular weight is 305 g/mol. The molecular formula is C16H27N5O. The van der Waals surface area contributed by atoms with Crippen LogP contribution in [0.4, 0.5) is 0 Å². The molecular weight excluding hydrogens is 278 g/mol. The standard InChI is InChI=1S/C16H27N5O/c1-3-21-6-4-5-13(21)8-18-16(22)15-10-17-9-14(15)12-7-19-20(2)11-12/h7,11,13-15,17H,3-6,8-10H2,1-2H3,(H,18,22)/t13?,14-,15+/m1/s1. The van der Waals surface area contributed by atoms with Crippen LogP contribution in [0.2, 0.25) is 0 Å². The van der Waals surface area contributed by atoms with Gasteiger partial charge in [-0.25, -0.2) is 0 Å². The Labute approximate surface area is 132 Å². The Morgan fingerprint density at radius 1 is 1.50 bits per heavy atom. The van der Waals surface area contributed by atoms with Gasteiger partial charge in [-0.3, -0.25) is 14.4 Å². The minimum Gasteiger partial charge on any atom is -0.354 e. The van der Waals surface area contributed by atoms with Crippen molar-refractivity contribution in [2.75, 3.05) is 32.7 Å². The number of amides is 1. The van der Waals surface area contributed by atoms with Gasteiger partial charge in [-0.1, -0.05) is 6.92 Å². The minimum absolute atomic E-state index is 0.0145. The molecule has 2 saturated heterocycles. The molecule has 2 N–H and O–H groups in total. The second kappa shape index (κ2) is 6.79. The van der Waals surface area contributed by atoms with E-state index in [0.29, 0.717) is 6.04 Å². The molecule has 2 aliphatic heterocycles. The van der Waals surface area contributed by atoms with Gasteiger partial charge in [0.05, 0.1) is 12.1 Å². The molecule has 0 radical (unpaired) electrons. The summed E-state index contributed by atoms with van der Waals surface area (Å²) in [7, 11) is 1.92. The van der Waals surface area contributed by atoms with Gasteiger partial charge in [-0.15, -0.1) is 0 Å². The van der Waals surface area contributed by atoms with Crippen LogP contribution < -0.4 is 10.6 Å². The van der Waals surface area contributed by atoms with E-state index in [-0.39, 0.29) is 17.7 Å². The van der Waals surface area contributed by atoms with E-state index in [9.17, 15) is 4.79 Å². The van der Waals surface area contributed by atoms with E-state index in [1.807, 2.05) is 19.4 Å². The summed E-state index contributed by atoms with van der Waals surface area (Å²) >= 11 is 0. The molecule has 122 valence electrons. The van der Waals surface area contributed by atoms with Crippen LogP contribution in [0, 0.1) is 5.92 Å². The Kier molecular flexibility index (Phi) is 4.78. The summed E-state index contributed by atoms with van der Waals surface area (Å²) in [5.74, 6) is 0.432. The zero-order valence-corrected chi connectivity index (χ0v) is 13.6. The summed E-state index contributed by atoms with van der Waals surface area (Å²) in [4.78, 5) is 15.1. The highest BCUT2D eigenvalue weighted by Gasteiger charge is 2.35. The molecule has 0 bridgehead atoms. The maximum atomic E-state index is 12.6. The Morgan fingerprint density at radius 2 is 2.36 bits per heavy atom. The van der Waals surface area contributed by atoms with E-state index in [2.05, 4.69) is 27.6 Å². The van der Waals surface area contributed by atoms with Crippen LogP contribution in [0.5, 0.6) is 0 Å². The van der Waals surface area contributed by atoms with Gasteiger partial charge in [0.25, 0.3) is 0 Å². The first kappa shape index (κ1) is 15.5. The Hall–Kier alpha value is -1.40. The zero-order chi connectivity index (χ0) is 15.5. The number of likely N-dealkylation sites (tertiary alicyclic amines) is 1. The molecule has 6 heteroatoms. The largest absolute Gasteiger partial charge is 0.354 e. The second-order valence-corrected chi connectivity index (χ2v) is 6.49. The summed E-state index contributed by atoms with van der Waals surface area (Å²) in [6.07, 6.45) is 6.35. The number of rotatable bonds is 5. The molecule has 3 rings (SSSR count). The first-order chi connectivity index (χ1) is 10.7. The lowest BCUT2D eigenvalue weighted by molar-refractivity contribution is -0.125. The Bertz CT molecular complexity index is 514. The number of carbonyl (C=O) groups excluding carboxylic acids is 1. The normalized spacial score (nSPS) is 29.1. The van der Waals surface area contributed by atoms with Crippen molar-refractivity contribution in [3.8, 4) is 0 Å². The molecule has 1 unspecified atom stereocenters. The molecule has 2 fully saturated rings. The van der Waals surface area contributed by atoms with E-state index in [1.54, 1.807) is 4.68 Å². The van der Waals surface area contributed by atoms with Crippen molar-refractivity contribution in [1.29, 1.82) is 0 Å². The number of likely N-dealkylation sites (N-methyl/N-ethyl adjacent to an activating group) is 1. The molecule has 0 saturated carbocycles. The molecule has 1 amide bonds. The fourth-order valence-corrected chi connectivity index (χ4v) is 3.83. The number of nitrogens with zero attached hydrogens (tertiary/aromatic N) is 3. The molecule has 6 nitrogen and oxygen atoms in total. The van der Waals surface area contributed by atoms with Gasteiger partial charge in [-0.05, 0) is 31.5 Å². The van der Waals surface area contributed by atoms with Crippen molar-refractivity contribution < 1.29 is 4.79 Å². The highest BCUT2D eigenvalue weighted by Crippen LogP contribution is 2.28. The van der Waals surface area contributed by atoms with Gasteiger partial charge in [0.2, 0.25) is 5.91 Å². The third kappa shape index (κ3) is 3.17. The van der Waals surface area contributed by atoms with E-state index in [1.165, 1.54) is 19.4 Å². The number of nitrogens with one attached hydrogen (secondary N) is 2. The molecule has 0 aliphatic carbocycles. The fraction of sp³-hybridized carbons (Fsp3) is 0.750. The van der Waals surface area contributed by atoms with Gasteiger partial charge in [-0.2, -0.15) is 5.10 Å². The summed E-state index contributed by atoms with van der Waals surface area (Å²) in [6.45, 7) is 6.83. The lowest BCUT2D eigenvalue weighted by Gasteiger charge is -2.24. The van der Waals surface area contributed by atoms with Crippen LogP contribution in [-0.2, 0) is 11.8 Å². The van der Waals surface area contributed by atoms with E-state index < -0.39 is 0 Å². The number of aryl methyl sites for hydroxylation is 1. The fourth-order valence-electron chi connectivity index (χ4n) is 3.83. The number of aromatic nitrogens is 2. The van der Waals surface area contributed by atoms with Gasteiger partial charge in [0, 0.05) is 44.8 Å². The van der Waals surface area contributed by atoms with Crippen LogP contribution in [0.15, 0.2) is 12.4 Å². The number of hydrogen-bond acceptors (Lipinski definition) is 4. The predicted molar refractivity (Wildman–Crippen MR) is 85.6 cm³/mol. The van der Waals surface area contributed by atoms with E-state index >= 15 is 0 Å².